The number of aliphatic hydroxyl groups excluding tert-OH is 1. The lowest BCUT2D eigenvalue weighted by Crippen LogP contribution is -2.47. The van der Waals surface area contributed by atoms with E-state index in [0.29, 0.717) is 19.8 Å². The molecule has 3 aliphatic heterocycles. The Hall–Kier alpha value is -1.15. The Bertz CT molecular complexity index is 650. The average Bonchev–Trinajstić information content (AvgIpc) is 3.07. The van der Waals surface area contributed by atoms with Crippen LogP contribution >= 0.6 is 15.9 Å². The number of benzene rings is 1. The number of likely N-dealkylation sites (tertiary alicyclic amines) is 1. The largest absolute Gasteiger partial charge is 0.394 e. The molecule has 136 valence electrons. The summed E-state index contributed by atoms with van der Waals surface area (Å²) < 4.78 is 6.39. The van der Waals surface area contributed by atoms with Crippen LogP contribution in [-0.2, 0) is 9.53 Å². The van der Waals surface area contributed by atoms with Crippen molar-refractivity contribution in [2.45, 2.75) is 18.5 Å². The highest BCUT2D eigenvalue weighted by Gasteiger charge is 2.45. The normalized spacial score (nSPS) is 29.0. The van der Waals surface area contributed by atoms with Gasteiger partial charge in [-0.3, -0.25) is 9.69 Å². The molecule has 0 bridgehead atoms. The summed E-state index contributed by atoms with van der Waals surface area (Å²) in [4.78, 5) is 17.2. The topological polar surface area (TPSA) is 65.0 Å². The highest BCUT2D eigenvalue weighted by atomic mass is 79.9. The van der Waals surface area contributed by atoms with Crippen molar-refractivity contribution in [1.82, 2.24) is 9.80 Å². The second-order valence-corrected chi connectivity index (χ2v) is 7.95. The molecule has 0 radical (unpaired) electrons. The number of halogens is 1. The lowest BCUT2D eigenvalue weighted by Gasteiger charge is -2.39. The minimum Gasteiger partial charge on any atom is -0.394 e. The number of fused-ring (bicyclic) bond motifs is 3. The van der Waals surface area contributed by atoms with E-state index < -0.39 is 0 Å². The van der Waals surface area contributed by atoms with Crippen LogP contribution in [0.2, 0.25) is 0 Å². The molecule has 2 fully saturated rings. The molecule has 3 atom stereocenters. The zero-order chi connectivity index (χ0) is 17.4. The number of nitrogens with zero attached hydrogens (tertiary/aromatic N) is 2. The summed E-state index contributed by atoms with van der Waals surface area (Å²) in [6.07, 6.45) is 0.920. The number of hydrogen-bond donors (Lipinski definition) is 2. The van der Waals surface area contributed by atoms with E-state index in [-0.39, 0.29) is 30.5 Å². The first-order valence-electron chi connectivity index (χ1n) is 8.94. The van der Waals surface area contributed by atoms with Crippen molar-refractivity contribution >= 4 is 27.5 Å². The number of ether oxygens (including phenoxy) is 1. The van der Waals surface area contributed by atoms with Gasteiger partial charge in [0.1, 0.15) is 0 Å². The minimum absolute atomic E-state index is 0.000128. The van der Waals surface area contributed by atoms with Gasteiger partial charge in [0.05, 0.1) is 38.4 Å². The summed E-state index contributed by atoms with van der Waals surface area (Å²) in [5.74, 6) is 0.430. The van der Waals surface area contributed by atoms with Gasteiger partial charge in [-0.1, -0.05) is 15.9 Å². The van der Waals surface area contributed by atoms with Gasteiger partial charge in [-0.25, -0.2) is 0 Å². The highest BCUT2D eigenvalue weighted by molar-refractivity contribution is 9.10. The number of carbonyl (C=O) groups excluding carboxylic acids is 1. The molecule has 7 heteroatoms. The first-order valence-corrected chi connectivity index (χ1v) is 9.73. The maximum atomic E-state index is 13.0. The van der Waals surface area contributed by atoms with Gasteiger partial charge in [-0.15, -0.1) is 0 Å². The predicted octanol–water partition coefficient (Wildman–Crippen LogP) is 1.46. The number of anilines is 1. The second kappa shape index (κ2) is 7.23. The number of aliphatic hydroxyl groups is 1. The quantitative estimate of drug-likeness (QED) is 0.790. The summed E-state index contributed by atoms with van der Waals surface area (Å²) in [5, 5.41) is 13.3. The van der Waals surface area contributed by atoms with Crippen LogP contribution in [0.15, 0.2) is 22.7 Å². The number of carbonyl (C=O) groups is 1. The predicted molar refractivity (Wildman–Crippen MR) is 98.5 cm³/mol. The van der Waals surface area contributed by atoms with Crippen molar-refractivity contribution in [3.63, 3.8) is 0 Å². The van der Waals surface area contributed by atoms with Gasteiger partial charge in [0.25, 0.3) is 0 Å². The SMILES string of the molecule is O=C(CN1CCOCC1)N1CC[C@@H]2[C@H](CO)Nc3ccc(Br)cc3[C@@H]21. The third kappa shape index (κ3) is 3.30. The van der Waals surface area contributed by atoms with Crippen molar-refractivity contribution in [3.8, 4) is 0 Å². The molecule has 0 saturated carbocycles. The Morgan fingerprint density at radius 3 is 2.88 bits per heavy atom. The van der Waals surface area contributed by atoms with Crippen molar-refractivity contribution in [2.75, 3.05) is 51.3 Å². The van der Waals surface area contributed by atoms with E-state index in [1.807, 2.05) is 17.0 Å². The van der Waals surface area contributed by atoms with Gasteiger partial charge < -0.3 is 20.1 Å². The highest BCUT2D eigenvalue weighted by Crippen LogP contribution is 2.47. The van der Waals surface area contributed by atoms with Crippen LogP contribution in [0.25, 0.3) is 0 Å². The maximum absolute atomic E-state index is 13.0. The summed E-state index contributed by atoms with van der Waals surface area (Å²) >= 11 is 3.55. The fourth-order valence-electron chi connectivity index (χ4n) is 4.35. The van der Waals surface area contributed by atoms with Crippen LogP contribution in [0.4, 0.5) is 5.69 Å². The van der Waals surface area contributed by atoms with Crippen LogP contribution in [0, 0.1) is 5.92 Å². The van der Waals surface area contributed by atoms with E-state index in [0.717, 1.165) is 41.8 Å². The zero-order valence-corrected chi connectivity index (χ0v) is 15.7. The van der Waals surface area contributed by atoms with Gasteiger partial charge in [0.2, 0.25) is 5.91 Å². The van der Waals surface area contributed by atoms with Crippen LogP contribution in [0.1, 0.15) is 18.0 Å². The van der Waals surface area contributed by atoms with E-state index >= 15 is 0 Å². The molecule has 25 heavy (non-hydrogen) atoms. The van der Waals surface area contributed by atoms with Crippen molar-refractivity contribution in [2.24, 2.45) is 5.92 Å². The summed E-state index contributed by atoms with van der Waals surface area (Å²) in [6.45, 7) is 4.32. The molecule has 0 aliphatic carbocycles. The van der Waals surface area contributed by atoms with Gasteiger partial charge in [0, 0.05) is 35.7 Å². The molecule has 3 heterocycles. The minimum atomic E-state index is -0.000128. The molecule has 1 aromatic rings. The standard InChI is InChI=1S/C18H24BrN3O3/c19-12-1-2-15-14(9-12)18-13(16(11-23)20-15)3-4-22(18)17(24)10-21-5-7-25-8-6-21/h1-2,9,13,16,18,20,23H,3-8,10-11H2/t13-,16+,18-/m1/s1. The Kier molecular flexibility index (Phi) is 4.99. The second-order valence-electron chi connectivity index (χ2n) is 7.04. The Morgan fingerprint density at radius 2 is 2.12 bits per heavy atom. The summed E-state index contributed by atoms with van der Waals surface area (Å²) in [5.41, 5.74) is 2.17. The van der Waals surface area contributed by atoms with Gasteiger partial charge in [-0.2, -0.15) is 0 Å². The van der Waals surface area contributed by atoms with Crippen LogP contribution in [0.5, 0.6) is 0 Å². The molecule has 4 rings (SSSR count). The number of morpholine rings is 1. The third-order valence-electron chi connectivity index (χ3n) is 5.61. The number of nitrogens with one attached hydrogen (secondary N) is 1. The Labute approximate surface area is 156 Å². The van der Waals surface area contributed by atoms with E-state index in [1.54, 1.807) is 0 Å². The van der Waals surface area contributed by atoms with Gasteiger partial charge in [-0.05, 0) is 30.2 Å². The Morgan fingerprint density at radius 1 is 1.32 bits per heavy atom. The first kappa shape index (κ1) is 17.3. The Balaban J connectivity index is 1.59. The molecule has 2 saturated heterocycles. The molecule has 0 unspecified atom stereocenters. The molecule has 6 nitrogen and oxygen atoms in total. The molecule has 2 N–H and O–H groups in total. The molecule has 0 aromatic heterocycles. The van der Waals surface area contributed by atoms with Crippen molar-refractivity contribution in [3.05, 3.63) is 28.2 Å². The van der Waals surface area contributed by atoms with Gasteiger partial charge in [0.15, 0.2) is 0 Å². The fraction of sp³-hybridized carbons (Fsp3) is 0.611. The molecule has 1 aromatic carbocycles. The first-order chi connectivity index (χ1) is 12.2. The zero-order valence-electron chi connectivity index (χ0n) is 14.2. The number of hydrogen-bond acceptors (Lipinski definition) is 5. The smallest absolute Gasteiger partial charge is 0.237 e. The monoisotopic (exact) mass is 409 g/mol. The number of amides is 1. The fourth-order valence-corrected chi connectivity index (χ4v) is 4.73. The molecule has 0 spiro atoms. The van der Waals surface area contributed by atoms with E-state index in [2.05, 4.69) is 32.2 Å². The number of rotatable bonds is 3. The van der Waals surface area contributed by atoms with E-state index in [1.165, 1.54) is 0 Å². The summed E-state index contributed by atoms with van der Waals surface area (Å²) in [6, 6.07) is 6.17. The van der Waals surface area contributed by atoms with E-state index in [9.17, 15) is 9.90 Å². The molecular weight excluding hydrogens is 386 g/mol. The van der Waals surface area contributed by atoms with Crippen molar-refractivity contribution in [1.29, 1.82) is 0 Å². The lowest BCUT2D eigenvalue weighted by molar-refractivity contribution is -0.134. The van der Waals surface area contributed by atoms with Crippen molar-refractivity contribution < 1.29 is 14.6 Å². The summed E-state index contributed by atoms with van der Waals surface area (Å²) in [7, 11) is 0. The maximum Gasteiger partial charge on any atom is 0.237 e. The van der Waals surface area contributed by atoms with Crippen LogP contribution < -0.4 is 5.32 Å². The lowest BCUT2D eigenvalue weighted by atomic mass is 9.83. The average molecular weight is 410 g/mol. The molecule has 1 amide bonds. The van der Waals surface area contributed by atoms with Crippen LogP contribution in [0.3, 0.4) is 0 Å². The van der Waals surface area contributed by atoms with Gasteiger partial charge >= 0.3 is 0 Å². The van der Waals surface area contributed by atoms with E-state index in [4.69, 9.17) is 4.74 Å². The molecule has 3 aliphatic rings. The molecular formula is C18H24BrN3O3. The van der Waals surface area contributed by atoms with Crippen LogP contribution in [-0.4, -0.2) is 72.9 Å². The third-order valence-corrected chi connectivity index (χ3v) is 6.11.